The maximum atomic E-state index is 5.51. The third kappa shape index (κ3) is 2.89. The highest BCUT2D eigenvalue weighted by atomic mass is 16.5. The third-order valence-electron chi connectivity index (χ3n) is 4.68. The van der Waals surface area contributed by atoms with Crippen LogP contribution >= 0.6 is 0 Å². The molecular weight excluding hydrogens is 298 g/mol. The lowest BCUT2D eigenvalue weighted by Crippen LogP contribution is -2.38. The first-order valence-electron chi connectivity index (χ1n) is 8.71. The number of fused-ring (bicyclic) bond motifs is 1. The van der Waals surface area contributed by atoms with E-state index in [9.17, 15) is 0 Å². The van der Waals surface area contributed by atoms with E-state index in [-0.39, 0.29) is 0 Å². The second-order valence-corrected chi connectivity index (χ2v) is 6.26. The van der Waals surface area contributed by atoms with Crippen molar-refractivity contribution >= 4 is 17.0 Å². The van der Waals surface area contributed by atoms with E-state index >= 15 is 0 Å². The maximum Gasteiger partial charge on any atom is 0.207 e. The lowest BCUT2D eigenvalue weighted by atomic mass is 10.1. The topological polar surface area (TPSA) is 30.3 Å². The highest BCUT2D eigenvalue weighted by molar-refractivity contribution is 5.80. The van der Waals surface area contributed by atoms with Crippen LogP contribution in [0.2, 0.25) is 0 Å². The second-order valence-electron chi connectivity index (χ2n) is 6.26. The highest BCUT2D eigenvalue weighted by Crippen LogP contribution is 2.26. The van der Waals surface area contributed by atoms with Gasteiger partial charge in [-0.2, -0.15) is 0 Å². The molecule has 1 aliphatic heterocycles. The number of ether oxygens (including phenoxy) is 1. The number of aromatic nitrogens is 2. The van der Waals surface area contributed by atoms with Gasteiger partial charge in [0.1, 0.15) is 0 Å². The van der Waals surface area contributed by atoms with E-state index in [2.05, 4.69) is 64.9 Å². The summed E-state index contributed by atoms with van der Waals surface area (Å²) in [6.07, 6.45) is 1.04. The molecule has 4 nitrogen and oxygen atoms in total. The Morgan fingerprint density at radius 2 is 1.79 bits per heavy atom. The minimum atomic E-state index is 0.773. The van der Waals surface area contributed by atoms with Crippen LogP contribution < -0.4 is 4.90 Å². The summed E-state index contributed by atoms with van der Waals surface area (Å²) in [7, 11) is 0. The predicted molar refractivity (Wildman–Crippen MR) is 97.7 cm³/mol. The predicted octanol–water partition coefficient (Wildman–Crippen LogP) is 3.48. The molecule has 4 rings (SSSR count). The van der Waals surface area contributed by atoms with Crippen molar-refractivity contribution in [1.82, 2.24) is 9.55 Å². The molecule has 1 aliphatic rings. The van der Waals surface area contributed by atoms with Crippen LogP contribution in [0.4, 0.5) is 5.95 Å². The Hall–Kier alpha value is -2.33. The zero-order valence-electron chi connectivity index (χ0n) is 14.1. The van der Waals surface area contributed by atoms with E-state index in [0.29, 0.717) is 0 Å². The number of hydrogen-bond donors (Lipinski definition) is 0. The summed E-state index contributed by atoms with van der Waals surface area (Å²) < 4.78 is 7.85. The van der Waals surface area contributed by atoms with Crippen molar-refractivity contribution in [3.63, 3.8) is 0 Å². The lowest BCUT2D eigenvalue weighted by Gasteiger charge is -2.28. The molecule has 2 aromatic carbocycles. The van der Waals surface area contributed by atoms with Crippen molar-refractivity contribution < 1.29 is 4.74 Å². The number of morpholine rings is 1. The molecular formula is C20H23N3O. The molecule has 0 atom stereocenters. The molecule has 1 fully saturated rings. The van der Waals surface area contributed by atoms with Gasteiger partial charge < -0.3 is 14.2 Å². The fraction of sp³-hybridized carbons (Fsp3) is 0.350. The molecule has 124 valence electrons. The number of benzene rings is 2. The minimum Gasteiger partial charge on any atom is -0.378 e. The molecule has 1 aromatic heterocycles. The SMILES string of the molecule is CCc1ccc2c(c1)nc(N1CCOCC1)n2Cc1ccccc1. The van der Waals surface area contributed by atoms with Crippen LogP contribution in [-0.2, 0) is 17.7 Å². The molecule has 0 unspecified atom stereocenters. The standard InChI is InChI=1S/C20H23N3O/c1-2-16-8-9-19-18(14-16)21-20(22-10-12-24-13-11-22)23(19)15-17-6-4-3-5-7-17/h3-9,14H,2,10-13,15H2,1H3. The van der Waals surface area contributed by atoms with E-state index in [1.54, 1.807) is 0 Å². The van der Waals surface area contributed by atoms with Crippen LogP contribution in [0.1, 0.15) is 18.1 Å². The normalized spacial score (nSPS) is 15.1. The summed E-state index contributed by atoms with van der Waals surface area (Å²) in [6.45, 7) is 6.38. The van der Waals surface area contributed by atoms with Gasteiger partial charge in [0.25, 0.3) is 0 Å². The summed E-state index contributed by atoms with van der Waals surface area (Å²) in [5.41, 5.74) is 4.93. The molecule has 3 aromatic rings. The molecule has 0 spiro atoms. The smallest absolute Gasteiger partial charge is 0.207 e. The molecule has 0 saturated carbocycles. The largest absolute Gasteiger partial charge is 0.378 e. The van der Waals surface area contributed by atoms with Crippen LogP contribution in [0.3, 0.4) is 0 Å². The summed E-state index contributed by atoms with van der Waals surface area (Å²) in [5, 5.41) is 0. The molecule has 24 heavy (non-hydrogen) atoms. The number of imidazole rings is 1. The first-order chi connectivity index (χ1) is 11.8. The van der Waals surface area contributed by atoms with Crippen LogP contribution in [-0.4, -0.2) is 35.9 Å². The van der Waals surface area contributed by atoms with E-state index in [1.807, 2.05) is 0 Å². The van der Waals surface area contributed by atoms with Crippen LogP contribution in [0, 0.1) is 0 Å². The minimum absolute atomic E-state index is 0.773. The van der Waals surface area contributed by atoms with Crippen LogP contribution in [0.15, 0.2) is 48.5 Å². The number of anilines is 1. The lowest BCUT2D eigenvalue weighted by molar-refractivity contribution is 0.121. The van der Waals surface area contributed by atoms with Gasteiger partial charge in [-0.3, -0.25) is 0 Å². The Bertz CT molecular complexity index is 820. The van der Waals surface area contributed by atoms with Crippen molar-refractivity contribution in [2.75, 3.05) is 31.2 Å². The number of rotatable bonds is 4. The van der Waals surface area contributed by atoms with Gasteiger partial charge in [0.2, 0.25) is 5.95 Å². The van der Waals surface area contributed by atoms with Gasteiger partial charge >= 0.3 is 0 Å². The van der Waals surface area contributed by atoms with Crippen molar-refractivity contribution in [3.8, 4) is 0 Å². The summed E-state index contributed by atoms with van der Waals surface area (Å²) in [5.74, 6) is 1.06. The van der Waals surface area contributed by atoms with Crippen molar-refractivity contribution in [3.05, 3.63) is 59.7 Å². The van der Waals surface area contributed by atoms with Gasteiger partial charge in [-0.25, -0.2) is 4.98 Å². The molecule has 0 amide bonds. The van der Waals surface area contributed by atoms with E-state index in [1.165, 1.54) is 16.6 Å². The fourth-order valence-electron chi connectivity index (χ4n) is 3.31. The first kappa shape index (κ1) is 15.2. The Balaban J connectivity index is 1.80. The van der Waals surface area contributed by atoms with E-state index in [0.717, 1.165) is 50.7 Å². The second kappa shape index (κ2) is 6.65. The average molecular weight is 321 g/mol. The molecule has 0 radical (unpaired) electrons. The Morgan fingerprint density at radius 1 is 1.00 bits per heavy atom. The molecule has 2 heterocycles. The number of nitrogens with zero attached hydrogens (tertiary/aromatic N) is 3. The first-order valence-corrected chi connectivity index (χ1v) is 8.71. The van der Waals surface area contributed by atoms with Gasteiger partial charge in [-0.15, -0.1) is 0 Å². The highest BCUT2D eigenvalue weighted by Gasteiger charge is 2.19. The van der Waals surface area contributed by atoms with Crippen LogP contribution in [0.25, 0.3) is 11.0 Å². The molecule has 4 heteroatoms. The molecule has 0 bridgehead atoms. The van der Waals surface area contributed by atoms with Gasteiger partial charge in [-0.1, -0.05) is 43.3 Å². The van der Waals surface area contributed by atoms with Gasteiger partial charge in [0.15, 0.2) is 0 Å². The van der Waals surface area contributed by atoms with Crippen molar-refractivity contribution in [2.45, 2.75) is 19.9 Å². The molecule has 1 saturated heterocycles. The quantitative estimate of drug-likeness (QED) is 0.737. The Labute approximate surface area is 142 Å². The number of hydrogen-bond acceptors (Lipinski definition) is 3. The van der Waals surface area contributed by atoms with E-state index < -0.39 is 0 Å². The van der Waals surface area contributed by atoms with Gasteiger partial charge in [0, 0.05) is 13.1 Å². The summed E-state index contributed by atoms with van der Waals surface area (Å²) >= 11 is 0. The molecule has 0 aliphatic carbocycles. The average Bonchev–Trinajstić information content (AvgIpc) is 3.01. The third-order valence-corrected chi connectivity index (χ3v) is 4.68. The van der Waals surface area contributed by atoms with E-state index in [4.69, 9.17) is 9.72 Å². The Kier molecular flexibility index (Phi) is 4.22. The monoisotopic (exact) mass is 321 g/mol. The fourth-order valence-corrected chi connectivity index (χ4v) is 3.31. The zero-order valence-corrected chi connectivity index (χ0v) is 14.1. The Morgan fingerprint density at radius 3 is 2.54 bits per heavy atom. The van der Waals surface area contributed by atoms with Gasteiger partial charge in [0.05, 0.1) is 30.8 Å². The van der Waals surface area contributed by atoms with Crippen molar-refractivity contribution in [2.24, 2.45) is 0 Å². The molecule has 0 N–H and O–H groups in total. The van der Waals surface area contributed by atoms with Gasteiger partial charge in [-0.05, 0) is 29.7 Å². The number of aryl methyl sites for hydroxylation is 1. The van der Waals surface area contributed by atoms with Crippen molar-refractivity contribution in [1.29, 1.82) is 0 Å². The summed E-state index contributed by atoms with van der Waals surface area (Å²) in [4.78, 5) is 7.32. The maximum absolute atomic E-state index is 5.51. The van der Waals surface area contributed by atoms with Crippen LogP contribution in [0.5, 0.6) is 0 Å². The summed E-state index contributed by atoms with van der Waals surface area (Å²) in [6, 6.07) is 17.3. The zero-order chi connectivity index (χ0) is 16.4.